The molecule has 0 saturated carbocycles. The summed E-state index contributed by atoms with van der Waals surface area (Å²) in [5.74, 6) is -1.20. The highest BCUT2D eigenvalue weighted by molar-refractivity contribution is 7.17. The van der Waals surface area contributed by atoms with Crippen LogP contribution in [0.2, 0.25) is 0 Å². The maximum Gasteiger partial charge on any atom is 0.268 e. The Bertz CT molecular complexity index is 1320. The van der Waals surface area contributed by atoms with Crippen LogP contribution >= 0.6 is 11.3 Å². The zero-order valence-electron chi connectivity index (χ0n) is 16.1. The van der Waals surface area contributed by atoms with Crippen molar-refractivity contribution < 1.29 is 14.7 Å². The van der Waals surface area contributed by atoms with Gasteiger partial charge in [0.1, 0.15) is 5.56 Å². The minimum absolute atomic E-state index is 0.140. The van der Waals surface area contributed by atoms with Gasteiger partial charge in [0, 0.05) is 11.3 Å². The van der Waals surface area contributed by atoms with E-state index in [0.29, 0.717) is 21.5 Å². The Balaban J connectivity index is 1.79. The van der Waals surface area contributed by atoms with E-state index >= 15 is 0 Å². The summed E-state index contributed by atoms with van der Waals surface area (Å²) in [4.78, 5) is 37.7. The average molecular weight is 418 g/mol. The van der Waals surface area contributed by atoms with E-state index < -0.39 is 11.5 Å². The first-order valence-corrected chi connectivity index (χ1v) is 10.1. The number of Topliss-reactive ketones (excluding diaryl/α,β-unsaturated/α-hetero) is 1. The predicted molar refractivity (Wildman–Crippen MR) is 118 cm³/mol. The Morgan fingerprint density at radius 3 is 2.57 bits per heavy atom. The highest BCUT2D eigenvalue weighted by atomic mass is 32.1. The molecule has 0 spiro atoms. The average Bonchev–Trinajstić information content (AvgIpc) is 3.22. The first-order valence-electron chi connectivity index (χ1n) is 9.25. The highest BCUT2D eigenvalue weighted by Crippen LogP contribution is 2.32. The fraction of sp³-hybridized carbons (Fsp3) is 0.0870. The molecule has 0 aliphatic heterocycles. The monoisotopic (exact) mass is 418 g/mol. The van der Waals surface area contributed by atoms with Crippen molar-refractivity contribution >= 4 is 38.9 Å². The minimum Gasteiger partial charge on any atom is -0.505 e. The van der Waals surface area contributed by atoms with Crippen molar-refractivity contribution in [2.75, 3.05) is 5.32 Å². The Labute approximate surface area is 176 Å². The Kier molecular flexibility index (Phi) is 5.20. The number of pyridine rings is 1. The lowest BCUT2D eigenvalue weighted by Crippen LogP contribution is -2.29. The SMILES string of the molecule is CC(=O)c1cccc(NC(=O)c2c(O)c3sccc3n(Cc3ccccc3)c2=O)c1. The Morgan fingerprint density at radius 1 is 1.07 bits per heavy atom. The number of aromatic hydroxyl groups is 1. The van der Waals surface area contributed by atoms with Gasteiger partial charge in [0.15, 0.2) is 11.5 Å². The van der Waals surface area contributed by atoms with Crippen LogP contribution in [0.5, 0.6) is 5.75 Å². The number of ketones is 1. The fourth-order valence-corrected chi connectivity index (χ4v) is 4.13. The van der Waals surface area contributed by atoms with Crippen LogP contribution in [-0.2, 0) is 6.54 Å². The van der Waals surface area contributed by atoms with Gasteiger partial charge in [-0.25, -0.2) is 0 Å². The fourth-order valence-electron chi connectivity index (χ4n) is 3.29. The lowest BCUT2D eigenvalue weighted by Gasteiger charge is -2.13. The van der Waals surface area contributed by atoms with Crippen molar-refractivity contribution in [1.82, 2.24) is 4.57 Å². The molecule has 4 aromatic rings. The van der Waals surface area contributed by atoms with Crippen LogP contribution in [0.25, 0.3) is 10.2 Å². The number of benzene rings is 2. The number of anilines is 1. The number of nitrogens with one attached hydrogen (secondary N) is 1. The van der Waals surface area contributed by atoms with Crippen LogP contribution < -0.4 is 10.9 Å². The van der Waals surface area contributed by atoms with Crippen LogP contribution in [0.1, 0.15) is 33.2 Å². The highest BCUT2D eigenvalue weighted by Gasteiger charge is 2.23. The maximum absolute atomic E-state index is 13.2. The molecule has 0 unspecified atom stereocenters. The van der Waals surface area contributed by atoms with Gasteiger partial charge in [-0.15, -0.1) is 11.3 Å². The summed E-state index contributed by atoms with van der Waals surface area (Å²) in [6, 6.07) is 17.6. The van der Waals surface area contributed by atoms with Crippen LogP contribution in [0.15, 0.2) is 70.8 Å². The second kappa shape index (κ2) is 7.96. The first kappa shape index (κ1) is 19.6. The van der Waals surface area contributed by atoms with E-state index in [4.69, 9.17) is 0 Å². The van der Waals surface area contributed by atoms with E-state index in [0.717, 1.165) is 5.56 Å². The lowest BCUT2D eigenvalue weighted by atomic mass is 10.1. The summed E-state index contributed by atoms with van der Waals surface area (Å²) in [6.07, 6.45) is 0. The quantitative estimate of drug-likeness (QED) is 0.474. The van der Waals surface area contributed by atoms with Gasteiger partial charge in [0.25, 0.3) is 11.5 Å². The maximum atomic E-state index is 13.2. The largest absolute Gasteiger partial charge is 0.505 e. The van der Waals surface area contributed by atoms with Gasteiger partial charge >= 0.3 is 0 Å². The molecule has 7 heteroatoms. The van der Waals surface area contributed by atoms with Crippen molar-refractivity contribution in [2.45, 2.75) is 13.5 Å². The van der Waals surface area contributed by atoms with Crippen molar-refractivity contribution in [2.24, 2.45) is 0 Å². The van der Waals surface area contributed by atoms with Gasteiger partial charge < -0.3 is 15.0 Å². The number of carbonyl (C=O) groups is 2. The van der Waals surface area contributed by atoms with Crippen LogP contribution in [-0.4, -0.2) is 21.4 Å². The molecular formula is C23H18N2O4S. The number of carbonyl (C=O) groups excluding carboxylic acids is 2. The normalized spacial score (nSPS) is 10.8. The zero-order chi connectivity index (χ0) is 21.3. The first-order chi connectivity index (χ1) is 14.5. The third kappa shape index (κ3) is 3.62. The number of nitrogens with zero attached hydrogens (tertiary/aromatic N) is 1. The number of fused-ring (bicyclic) bond motifs is 1. The molecule has 0 fully saturated rings. The predicted octanol–water partition coefficient (Wildman–Crippen LogP) is 4.27. The van der Waals surface area contributed by atoms with E-state index in [2.05, 4.69) is 5.32 Å². The lowest BCUT2D eigenvalue weighted by molar-refractivity contribution is 0.100. The third-order valence-electron chi connectivity index (χ3n) is 4.78. The van der Waals surface area contributed by atoms with Crippen LogP contribution in [0.3, 0.4) is 0 Å². The molecule has 4 rings (SSSR count). The molecule has 2 heterocycles. The van der Waals surface area contributed by atoms with Crippen molar-refractivity contribution in [3.63, 3.8) is 0 Å². The number of hydrogen-bond donors (Lipinski definition) is 2. The standard InChI is InChI=1S/C23H18N2O4S/c1-14(26)16-8-5-9-17(12-16)24-22(28)19-20(27)21-18(10-11-30-21)25(23(19)29)13-15-6-3-2-4-7-15/h2-12,27H,13H2,1H3,(H,24,28). The van der Waals surface area contributed by atoms with E-state index in [-0.39, 0.29) is 23.6 Å². The van der Waals surface area contributed by atoms with Gasteiger partial charge in [-0.3, -0.25) is 14.4 Å². The summed E-state index contributed by atoms with van der Waals surface area (Å²) in [5.41, 5.74) is 1.37. The van der Waals surface area contributed by atoms with Gasteiger partial charge in [0.2, 0.25) is 0 Å². The summed E-state index contributed by atoms with van der Waals surface area (Å²) in [5, 5.41) is 15.1. The van der Waals surface area contributed by atoms with Crippen molar-refractivity contribution in [3.8, 4) is 5.75 Å². The molecule has 0 aliphatic rings. The minimum atomic E-state index is -0.727. The summed E-state index contributed by atoms with van der Waals surface area (Å²) in [7, 11) is 0. The number of hydrogen-bond acceptors (Lipinski definition) is 5. The molecule has 0 bridgehead atoms. The second-order valence-electron chi connectivity index (χ2n) is 6.83. The summed E-state index contributed by atoms with van der Waals surface area (Å²) < 4.78 is 1.95. The number of aromatic nitrogens is 1. The Hall–Kier alpha value is -3.71. The molecule has 30 heavy (non-hydrogen) atoms. The summed E-state index contributed by atoms with van der Waals surface area (Å²) >= 11 is 1.26. The third-order valence-corrected chi connectivity index (χ3v) is 5.69. The van der Waals surface area contributed by atoms with E-state index in [9.17, 15) is 19.5 Å². The number of thiophene rings is 1. The summed E-state index contributed by atoms with van der Waals surface area (Å²) in [6.45, 7) is 1.70. The molecule has 2 N–H and O–H groups in total. The molecule has 6 nitrogen and oxygen atoms in total. The van der Waals surface area contributed by atoms with Crippen molar-refractivity contribution in [1.29, 1.82) is 0 Å². The van der Waals surface area contributed by atoms with E-state index in [1.807, 2.05) is 30.3 Å². The van der Waals surface area contributed by atoms with Crippen LogP contribution in [0.4, 0.5) is 5.69 Å². The molecule has 0 aliphatic carbocycles. The zero-order valence-corrected chi connectivity index (χ0v) is 16.9. The number of amides is 1. The smallest absolute Gasteiger partial charge is 0.268 e. The van der Waals surface area contributed by atoms with Gasteiger partial charge in [-0.05, 0) is 36.1 Å². The van der Waals surface area contributed by atoms with Gasteiger partial charge in [0.05, 0.1) is 16.8 Å². The molecule has 0 saturated heterocycles. The van der Waals surface area contributed by atoms with E-state index in [1.54, 1.807) is 29.6 Å². The molecule has 1 amide bonds. The second-order valence-corrected chi connectivity index (χ2v) is 7.74. The Morgan fingerprint density at radius 2 is 1.83 bits per heavy atom. The molecule has 0 radical (unpaired) electrons. The molecule has 2 aromatic carbocycles. The molecular weight excluding hydrogens is 400 g/mol. The van der Waals surface area contributed by atoms with Crippen LogP contribution in [0, 0.1) is 0 Å². The van der Waals surface area contributed by atoms with Crippen molar-refractivity contribution in [3.05, 3.63) is 93.1 Å². The van der Waals surface area contributed by atoms with Gasteiger partial charge in [-0.2, -0.15) is 0 Å². The molecule has 0 atom stereocenters. The van der Waals surface area contributed by atoms with Gasteiger partial charge in [-0.1, -0.05) is 42.5 Å². The number of rotatable bonds is 5. The topological polar surface area (TPSA) is 88.4 Å². The molecule has 150 valence electrons. The van der Waals surface area contributed by atoms with E-state index in [1.165, 1.54) is 28.9 Å². The molecule has 2 aromatic heterocycles.